The van der Waals surface area contributed by atoms with E-state index in [4.69, 9.17) is 0 Å². The SMILES string of the molecule is CC(CC1C(=O)N1C(c1ccccc1)(c1ccccc1)c1ccccc1)c1ccccc1. The van der Waals surface area contributed by atoms with Gasteiger partial charge in [0, 0.05) is 0 Å². The van der Waals surface area contributed by atoms with Crippen molar-refractivity contribution in [2.45, 2.75) is 30.8 Å². The first-order valence-electron chi connectivity index (χ1n) is 11.3. The molecule has 2 unspecified atom stereocenters. The van der Waals surface area contributed by atoms with Gasteiger partial charge in [0.1, 0.15) is 11.6 Å². The Kier molecular flexibility index (Phi) is 5.36. The fourth-order valence-electron chi connectivity index (χ4n) is 5.03. The molecule has 1 fully saturated rings. The highest BCUT2D eigenvalue weighted by Crippen LogP contribution is 2.50. The number of hydrogen-bond acceptors (Lipinski definition) is 1. The van der Waals surface area contributed by atoms with Crippen molar-refractivity contribution in [3.63, 3.8) is 0 Å². The third-order valence-electron chi connectivity index (χ3n) is 6.65. The predicted molar refractivity (Wildman–Crippen MR) is 129 cm³/mol. The summed E-state index contributed by atoms with van der Waals surface area (Å²) in [4.78, 5) is 15.6. The van der Waals surface area contributed by atoms with Gasteiger partial charge in [0.15, 0.2) is 0 Å². The molecule has 5 rings (SSSR count). The minimum absolute atomic E-state index is 0.120. The second-order valence-electron chi connectivity index (χ2n) is 8.58. The summed E-state index contributed by atoms with van der Waals surface area (Å²) in [5.74, 6) is 0.513. The molecule has 2 heteroatoms. The fraction of sp³-hybridized carbons (Fsp3) is 0.167. The molecule has 1 amide bonds. The molecule has 0 N–H and O–H groups in total. The number of nitrogens with zero attached hydrogens (tertiary/aromatic N) is 1. The van der Waals surface area contributed by atoms with Crippen molar-refractivity contribution in [1.29, 1.82) is 0 Å². The van der Waals surface area contributed by atoms with Crippen LogP contribution >= 0.6 is 0 Å². The van der Waals surface area contributed by atoms with Crippen LogP contribution in [0, 0.1) is 0 Å². The van der Waals surface area contributed by atoms with Gasteiger partial charge in [-0.15, -0.1) is 0 Å². The van der Waals surface area contributed by atoms with Crippen LogP contribution < -0.4 is 0 Å². The maximum Gasteiger partial charge on any atom is 0.247 e. The zero-order valence-electron chi connectivity index (χ0n) is 18.3. The largest absolute Gasteiger partial charge is 0.311 e. The van der Waals surface area contributed by atoms with E-state index in [1.807, 2.05) is 24.3 Å². The second-order valence-corrected chi connectivity index (χ2v) is 8.58. The van der Waals surface area contributed by atoms with Crippen LogP contribution in [0.4, 0.5) is 0 Å². The Hall–Kier alpha value is -3.65. The van der Waals surface area contributed by atoms with E-state index in [0.29, 0.717) is 5.92 Å². The van der Waals surface area contributed by atoms with Gasteiger partial charge in [-0.3, -0.25) is 4.79 Å². The topological polar surface area (TPSA) is 20.1 Å². The van der Waals surface area contributed by atoms with E-state index in [0.717, 1.165) is 23.1 Å². The van der Waals surface area contributed by atoms with Crippen molar-refractivity contribution in [3.05, 3.63) is 144 Å². The lowest BCUT2D eigenvalue weighted by Crippen LogP contribution is -2.39. The highest BCUT2D eigenvalue weighted by Gasteiger charge is 2.59. The van der Waals surface area contributed by atoms with Crippen LogP contribution in [0.1, 0.15) is 41.5 Å². The Morgan fingerprint density at radius 1 is 0.656 bits per heavy atom. The third kappa shape index (κ3) is 3.42. The van der Waals surface area contributed by atoms with E-state index >= 15 is 0 Å². The average molecular weight is 418 g/mol. The van der Waals surface area contributed by atoms with E-state index in [2.05, 4.69) is 109 Å². The molecule has 2 nitrogen and oxygen atoms in total. The van der Waals surface area contributed by atoms with Crippen molar-refractivity contribution in [3.8, 4) is 0 Å². The number of carbonyl (C=O) groups is 1. The van der Waals surface area contributed by atoms with Gasteiger partial charge in [-0.2, -0.15) is 0 Å². The summed E-state index contributed by atoms with van der Waals surface area (Å²) in [7, 11) is 0. The summed E-state index contributed by atoms with van der Waals surface area (Å²) >= 11 is 0. The Bertz CT molecular complexity index is 1080. The molecule has 0 radical (unpaired) electrons. The van der Waals surface area contributed by atoms with Gasteiger partial charge in [0.25, 0.3) is 0 Å². The summed E-state index contributed by atoms with van der Waals surface area (Å²) in [6, 6.07) is 41.7. The third-order valence-corrected chi connectivity index (χ3v) is 6.65. The Morgan fingerprint density at radius 3 is 1.44 bits per heavy atom. The van der Waals surface area contributed by atoms with E-state index in [-0.39, 0.29) is 11.9 Å². The molecule has 1 aliphatic rings. The number of benzene rings is 4. The summed E-state index contributed by atoms with van der Waals surface area (Å²) in [6.45, 7) is 2.22. The molecule has 0 saturated carbocycles. The maximum absolute atomic E-state index is 13.5. The zero-order chi connectivity index (χ0) is 22.0. The van der Waals surface area contributed by atoms with Gasteiger partial charge < -0.3 is 4.90 Å². The first kappa shape index (κ1) is 20.3. The summed E-state index contributed by atoms with van der Waals surface area (Å²) in [6.07, 6.45) is 0.803. The minimum atomic E-state index is -0.651. The maximum atomic E-state index is 13.5. The number of hydrogen-bond donors (Lipinski definition) is 0. The van der Waals surface area contributed by atoms with Gasteiger partial charge in [-0.05, 0) is 34.6 Å². The van der Waals surface area contributed by atoms with Crippen molar-refractivity contribution in [2.24, 2.45) is 0 Å². The van der Waals surface area contributed by atoms with Crippen LogP contribution in [0.5, 0.6) is 0 Å². The minimum Gasteiger partial charge on any atom is -0.311 e. The quantitative estimate of drug-likeness (QED) is 0.252. The van der Waals surface area contributed by atoms with E-state index < -0.39 is 5.54 Å². The van der Waals surface area contributed by atoms with Gasteiger partial charge in [0.2, 0.25) is 5.91 Å². The fourth-order valence-corrected chi connectivity index (χ4v) is 5.03. The standard InChI is InChI=1S/C30H27NO/c1-23(24-14-6-2-7-15-24)22-28-29(32)31(28)30(25-16-8-3-9-17-25,26-18-10-4-11-19-26)27-20-12-5-13-21-27/h2-21,23,28H,22H2,1H3. The van der Waals surface area contributed by atoms with Crippen LogP contribution in [0.2, 0.25) is 0 Å². The van der Waals surface area contributed by atoms with Crippen molar-refractivity contribution < 1.29 is 4.79 Å². The van der Waals surface area contributed by atoms with Gasteiger partial charge in [-0.25, -0.2) is 0 Å². The molecule has 0 bridgehead atoms. The molecule has 2 atom stereocenters. The molecule has 1 heterocycles. The summed E-state index contributed by atoms with van der Waals surface area (Å²) in [5, 5.41) is 0. The second kappa shape index (κ2) is 8.47. The molecule has 1 saturated heterocycles. The molecular weight excluding hydrogens is 390 g/mol. The van der Waals surface area contributed by atoms with Crippen LogP contribution in [0.3, 0.4) is 0 Å². The summed E-state index contributed by atoms with van der Waals surface area (Å²) < 4.78 is 0. The lowest BCUT2D eigenvalue weighted by molar-refractivity contribution is -0.115. The molecule has 0 aromatic heterocycles. The van der Waals surface area contributed by atoms with E-state index in [1.54, 1.807) is 0 Å². The molecular formula is C30H27NO. The lowest BCUT2D eigenvalue weighted by atomic mass is 9.76. The number of rotatable bonds is 7. The number of carbonyl (C=O) groups excluding carboxylic acids is 1. The number of amides is 1. The molecule has 158 valence electrons. The van der Waals surface area contributed by atoms with Crippen molar-refractivity contribution in [2.75, 3.05) is 0 Å². The van der Waals surface area contributed by atoms with Crippen LogP contribution in [-0.2, 0) is 10.3 Å². The molecule has 4 aromatic carbocycles. The Balaban J connectivity index is 1.63. The van der Waals surface area contributed by atoms with Crippen LogP contribution in [0.15, 0.2) is 121 Å². The lowest BCUT2D eigenvalue weighted by Gasteiger charge is -2.38. The smallest absolute Gasteiger partial charge is 0.247 e. The van der Waals surface area contributed by atoms with E-state index in [1.165, 1.54) is 5.56 Å². The predicted octanol–water partition coefficient (Wildman–Crippen LogP) is 6.38. The van der Waals surface area contributed by atoms with Gasteiger partial charge in [0.05, 0.1) is 0 Å². The van der Waals surface area contributed by atoms with Crippen LogP contribution in [0.25, 0.3) is 0 Å². The highest BCUT2D eigenvalue weighted by molar-refractivity contribution is 5.99. The van der Waals surface area contributed by atoms with Gasteiger partial charge in [-0.1, -0.05) is 128 Å². The van der Waals surface area contributed by atoms with Gasteiger partial charge >= 0.3 is 0 Å². The normalized spacial score (nSPS) is 16.6. The monoisotopic (exact) mass is 417 g/mol. The highest BCUT2D eigenvalue weighted by atomic mass is 16.2. The molecule has 32 heavy (non-hydrogen) atoms. The van der Waals surface area contributed by atoms with E-state index in [9.17, 15) is 4.79 Å². The van der Waals surface area contributed by atoms with Crippen molar-refractivity contribution >= 4 is 5.91 Å². The average Bonchev–Trinajstić information content (AvgIpc) is 3.50. The van der Waals surface area contributed by atoms with Crippen LogP contribution in [-0.4, -0.2) is 16.8 Å². The Morgan fingerprint density at radius 2 is 1.03 bits per heavy atom. The van der Waals surface area contributed by atoms with Crippen molar-refractivity contribution in [1.82, 2.24) is 4.90 Å². The zero-order valence-corrected chi connectivity index (χ0v) is 18.3. The molecule has 4 aromatic rings. The first-order valence-corrected chi connectivity index (χ1v) is 11.3. The summed E-state index contributed by atoms with van der Waals surface area (Å²) in [5.41, 5.74) is 3.96. The first-order chi connectivity index (χ1) is 15.7. The molecule has 0 spiro atoms. The Labute approximate surface area is 190 Å². The molecule has 1 aliphatic heterocycles. The molecule has 0 aliphatic carbocycles.